The van der Waals surface area contributed by atoms with Gasteiger partial charge in [-0.3, -0.25) is 10.1 Å². The molecule has 0 aliphatic rings. The van der Waals surface area contributed by atoms with Crippen LogP contribution in [0.15, 0.2) is 18.5 Å². The van der Waals surface area contributed by atoms with Gasteiger partial charge in [-0.05, 0) is 12.1 Å². The molecule has 1 aromatic carbocycles. The zero-order chi connectivity index (χ0) is 15.6. The molecule has 0 bridgehead atoms. The number of anilines is 3. The Labute approximate surface area is 134 Å². The highest BCUT2D eigenvalue weighted by Crippen LogP contribution is 2.36. The number of rotatable bonds is 4. The quantitative estimate of drug-likeness (QED) is 0.490. The van der Waals surface area contributed by atoms with E-state index in [-0.39, 0.29) is 32.4 Å². The van der Waals surface area contributed by atoms with Crippen molar-refractivity contribution in [1.82, 2.24) is 9.97 Å². The highest BCUT2D eigenvalue weighted by Gasteiger charge is 2.23. The Kier molecular flexibility index (Phi) is 4.66. The van der Waals surface area contributed by atoms with Crippen LogP contribution < -0.4 is 10.6 Å². The van der Waals surface area contributed by atoms with E-state index >= 15 is 0 Å². The van der Waals surface area contributed by atoms with Gasteiger partial charge in [0.1, 0.15) is 6.33 Å². The molecule has 110 valence electrons. The van der Waals surface area contributed by atoms with Crippen molar-refractivity contribution in [3.63, 3.8) is 0 Å². The van der Waals surface area contributed by atoms with Gasteiger partial charge in [0, 0.05) is 7.05 Å². The first kappa shape index (κ1) is 15.6. The second-order valence-corrected chi connectivity index (χ2v) is 5.02. The molecule has 1 aromatic heterocycles. The fraction of sp³-hybridized carbons (Fsp3) is 0.0909. The molecule has 0 radical (unpaired) electrons. The van der Waals surface area contributed by atoms with Gasteiger partial charge in [-0.1, -0.05) is 34.8 Å². The van der Waals surface area contributed by atoms with Gasteiger partial charge in [0.15, 0.2) is 0 Å². The number of aromatic nitrogens is 2. The maximum atomic E-state index is 11.2. The zero-order valence-electron chi connectivity index (χ0n) is 10.5. The molecule has 2 rings (SSSR count). The predicted octanol–water partition coefficient (Wildman–Crippen LogP) is 4.13. The number of nitro groups is 1. The molecule has 0 aliphatic heterocycles. The lowest BCUT2D eigenvalue weighted by Crippen LogP contribution is -2.05. The van der Waals surface area contributed by atoms with Crippen LogP contribution in [0.5, 0.6) is 0 Å². The minimum Gasteiger partial charge on any atom is -0.367 e. The Morgan fingerprint density at radius 2 is 1.71 bits per heavy atom. The third-order valence-corrected chi connectivity index (χ3v) is 3.54. The Hall–Kier alpha value is -1.83. The van der Waals surface area contributed by atoms with Crippen LogP contribution in [0.2, 0.25) is 15.1 Å². The molecule has 10 heteroatoms. The van der Waals surface area contributed by atoms with Crippen LogP contribution >= 0.6 is 34.8 Å². The van der Waals surface area contributed by atoms with Crippen LogP contribution in [0.4, 0.5) is 23.0 Å². The second-order valence-electron chi connectivity index (χ2n) is 3.80. The lowest BCUT2D eigenvalue weighted by atomic mass is 10.3. The predicted molar refractivity (Wildman–Crippen MR) is 83.0 cm³/mol. The van der Waals surface area contributed by atoms with Crippen LogP contribution in [0.25, 0.3) is 0 Å². The number of benzene rings is 1. The summed E-state index contributed by atoms with van der Waals surface area (Å²) in [6.07, 6.45) is 1.19. The molecule has 0 amide bonds. The summed E-state index contributed by atoms with van der Waals surface area (Å²) in [5, 5.41) is 17.3. The molecule has 21 heavy (non-hydrogen) atoms. The second kappa shape index (κ2) is 6.30. The lowest BCUT2D eigenvalue weighted by molar-refractivity contribution is -0.383. The van der Waals surface area contributed by atoms with Crippen molar-refractivity contribution in [3.05, 3.63) is 43.6 Å². The first-order valence-electron chi connectivity index (χ1n) is 5.52. The van der Waals surface area contributed by atoms with Crippen molar-refractivity contribution in [2.45, 2.75) is 0 Å². The fourth-order valence-electron chi connectivity index (χ4n) is 1.57. The molecule has 0 atom stereocenters. The highest BCUT2D eigenvalue weighted by molar-refractivity contribution is 6.44. The average molecular weight is 349 g/mol. The number of halogens is 3. The maximum Gasteiger partial charge on any atom is 0.353 e. The fourth-order valence-corrected chi connectivity index (χ4v) is 2.17. The topological polar surface area (TPSA) is 93.0 Å². The van der Waals surface area contributed by atoms with Gasteiger partial charge in [0.05, 0.1) is 25.7 Å². The van der Waals surface area contributed by atoms with E-state index in [1.807, 2.05) is 0 Å². The van der Waals surface area contributed by atoms with E-state index in [0.717, 1.165) is 0 Å². The van der Waals surface area contributed by atoms with Crippen molar-refractivity contribution < 1.29 is 4.92 Å². The normalized spacial score (nSPS) is 10.3. The first-order chi connectivity index (χ1) is 9.93. The van der Waals surface area contributed by atoms with Gasteiger partial charge in [0.25, 0.3) is 0 Å². The van der Waals surface area contributed by atoms with Crippen molar-refractivity contribution in [3.8, 4) is 0 Å². The molecular weight excluding hydrogens is 341 g/mol. The summed E-state index contributed by atoms with van der Waals surface area (Å²) in [4.78, 5) is 18.2. The summed E-state index contributed by atoms with van der Waals surface area (Å²) in [6, 6.07) is 2.89. The van der Waals surface area contributed by atoms with Crippen LogP contribution in [0, 0.1) is 10.1 Å². The largest absolute Gasteiger partial charge is 0.367 e. The molecule has 1 heterocycles. The third-order valence-electron chi connectivity index (χ3n) is 2.50. The van der Waals surface area contributed by atoms with Crippen LogP contribution in [-0.2, 0) is 0 Å². The van der Waals surface area contributed by atoms with E-state index in [2.05, 4.69) is 20.6 Å². The summed E-state index contributed by atoms with van der Waals surface area (Å²) in [5.41, 5.74) is 0.0389. The SMILES string of the molecule is CNc1ncnc(Nc2cc(Cl)c(Cl)cc2Cl)c1[N+](=O)[O-]. The van der Waals surface area contributed by atoms with E-state index in [1.165, 1.54) is 25.5 Å². The van der Waals surface area contributed by atoms with Gasteiger partial charge < -0.3 is 10.6 Å². The third kappa shape index (κ3) is 3.26. The van der Waals surface area contributed by atoms with Crippen LogP contribution in [-0.4, -0.2) is 21.9 Å². The minimum atomic E-state index is -0.598. The van der Waals surface area contributed by atoms with E-state index < -0.39 is 4.92 Å². The lowest BCUT2D eigenvalue weighted by Gasteiger charge is -2.10. The number of hydrogen-bond donors (Lipinski definition) is 2. The molecule has 2 N–H and O–H groups in total. The molecule has 2 aromatic rings. The van der Waals surface area contributed by atoms with Crippen LogP contribution in [0.3, 0.4) is 0 Å². The standard InChI is InChI=1S/C11H8Cl3N5O2/c1-15-10-9(19(20)21)11(17-4-16-10)18-8-3-6(13)5(12)2-7(8)14/h2-4H,1H3,(H2,15,16,17,18). The first-order valence-corrected chi connectivity index (χ1v) is 6.66. The Bertz CT molecular complexity index is 710. The maximum absolute atomic E-state index is 11.2. The van der Waals surface area contributed by atoms with E-state index in [0.29, 0.717) is 5.69 Å². The van der Waals surface area contributed by atoms with Crippen molar-refractivity contribution in [2.75, 3.05) is 17.7 Å². The molecule has 0 aliphatic carbocycles. The smallest absolute Gasteiger partial charge is 0.353 e. The average Bonchev–Trinajstić information content (AvgIpc) is 2.44. The summed E-state index contributed by atoms with van der Waals surface area (Å²) >= 11 is 17.8. The molecule has 0 unspecified atom stereocenters. The zero-order valence-corrected chi connectivity index (χ0v) is 12.8. The van der Waals surface area contributed by atoms with Gasteiger partial charge in [-0.25, -0.2) is 9.97 Å². The molecule has 7 nitrogen and oxygen atoms in total. The number of nitrogens with one attached hydrogen (secondary N) is 2. The highest BCUT2D eigenvalue weighted by atomic mass is 35.5. The minimum absolute atomic E-state index is 0.0142. The molecular formula is C11H8Cl3N5O2. The monoisotopic (exact) mass is 347 g/mol. The van der Waals surface area contributed by atoms with Gasteiger partial charge in [-0.2, -0.15) is 0 Å². The van der Waals surface area contributed by atoms with E-state index in [9.17, 15) is 10.1 Å². The van der Waals surface area contributed by atoms with E-state index in [1.54, 1.807) is 0 Å². The Morgan fingerprint density at radius 1 is 1.10 bits per heavy atom. The number of nitrogens with zero attached hydrogens (tertiary/aromatic N) is 3. The number of hydrogen-bond acceptors (Lipinski definition) is 6. The van der Waals surface area contributed by atoms with Crippen molar-refractivity contribution in [2.24, 2.45) is 0 Å². The van der Waals surface area contributed by atoms with Gasteiger partial charge in [-0.15, -0.1) is 0 Å². The molecule has 0 spiro atoms. The Balaban J connectivity index is 2.49. The van der Waals surface area contributed by atoms with Crippen molar-refractivity contribution in [1.29, 1.82) is 0 Å². The van der Waals surface area contributed by atoms with Gasteiger partial charge >= 0.3 is 5.69 Å². The summed E-state index contributed by atoms with van der Waals surface area (Å²) in [7, 11) is 1.52. The van der Waals surface area contributed by atoms with E-state index in [4.69, 9.17) is 34.8 Å². The molecule has 0 saturated heterocycles. The van der Waals surface area contributed by atoms with Crippen LogP contribution in [0.1, 0.15) is 0 Å². The van der Waals surface area contributed by atoms with Crippen molar-refractivity contribution >= 4 is 57.8 Å². The molecule has 0 fully saturated rings. The summed E-state index contributed by atoms with van der Waals surface area (Å²) in [5.74, 6) is 0.0633. The molecule has 0 saturated carbocycles. The van der Waals surface area contributed by atoms with Gasteiger partial charge in [0.2, 0.25) is 11.6 Å². The summed E-state index contributed by atoms with van der Waals surface area (Å²) in [6.45, 7) is 0. The Morgan fingerprint density at radius 3 is 2.33 bits per heavy atom. The summed E-state index contributed by atoms with van der Waals surface area (Å²) < 4.78 is 0.